The molecule has 1 amide bonds. The molecule has 1 aliphatic rings. The number of hydrogen-bond acceptors (Lipinski definition) is 4. The van der Waals surface area contributed by atoms with Crippen molar-refractivity contribution in [1.29, 1.82) is 0 Å². The molecule has 2 heterocycles. The maximum absolute atomic E-state index is 12.0. The van der Waals surface area contributed by atoms with Gasteiger partial charge < -0.3 is 15.1 Å². The zero-order valence-corrected chi connectivity index (χ0v) is 12.8. The van der Waals surface area contributed by atoms with E-state index in [0.717, 1.165) is 18.5 Å². The third-order valence-electron chi connectivity index (χ3n) is 3.95. The summed E-state index contributed by atoms with van der Waals surface area (Å²) in [6.07, 6.45) is 2.57. The molecule has 116 valence electrons. The summed E-state index contributed by atoms with van der Waals surface area (Å²) in [7, 11) is 0. The molecule has 0 bridgehead atoms. The lowest BCUT2D eigenvalue weighted by atomic mass is 10.2. The first-order valence-electron chi connectivity index (χ1n) is 7.74. The minimum Gasteiger partial charge on any atom is -0.441 e. The Morgan fingerprint density at radius 2 is 2.23 bits per heavy atom. The first-order valence-corrected chi connectivity index (χ1v) is 7.74. The normalized spacial score (nSPS) is 17.6. The molecule has 0 aliphatic carbocycles. The van der Waals surface area contributed by atoms with E-state index < -0.39 is 0 Å². The Morgan fingerprint density at radius 1 is 1.41 bits per heavy atom. The van der Waals surface area contributed by atoms with Crippen molar-refractivity contribution in [3.8, 4) is 11.5 Å². The summed E-state index contributed by atoms with van der Waals surface area (Å²) in [4.78, 5) is 16.5. The van der Waals surface area contributed by atoms with Crippen molar-refractivity contribution in [2.45, 2.75) is 32.2 Å². The Hall–Kier alpha value is -2.14. The number of aromatic nitrogens is 1. The van der Waals surface area contributed by atoms with Gasteiger partial charge >= 0.3 is 0 Å². The molecule has 1 aromatic carbocycles. The van der Waals surface area contributed by atoms with Gasteiger partial charge in [0.25, 0.3) is 0 Å². The van der Waals surface area contributed by atoms with Gasteiger partial charge in [-0.15, -0.1) is 0 Å². The number of aryl methyl sites for hydroxylation is 1. The second kappa shape index (κ2) is 6.75. The number of rotatable bonds is 5. The summed E-state index contributed by atoms with van der Waals surface area (Å²) in [6.45, 7) is 3.57. The average Bonchev–Trinajstić information content (AvgIpc) is 3.17. The van der Waals surface area contributed by atoms with Crippen molar-refractivity contribution in [3.05, 3.63) is 41.8 Å². The van der Waals surface area contributed by atoms with Crippen molar-refractivity contribution in [1.82, 2.24) is 15.6 Å². The van der Waals surface area contributed by atoms with Crippen LogP contribution in [0.2, 0.25) is 0 Å². The molecule has 2 aromatic rings. The van der Waals surface area contributed by atoms with Crippen molar-refractivity contribution in [2.75, 3.05) is 13.1 Å². The second-order valence-corrected chi connectivity index (χ2v) is 5.66. The third-order valence-corrected chi connectivity index (χ3v) is 3.95. The van der Waals surface area contributed by atoms with Crippen LogP contribution in [-0.2, 0) is 11.2 Å². The van der Waals surface area contributed by atoms with E-state index >= 15 is 0 Å². The number of amides is 1. The smallest absolute Gasteiger partial charge is 0.226 e. The van der Waals surface area contributed by atoms with Gasteiger partial charge in [0.1, 0.15) is 5.76 Å². The Morgan fingerprint density at radius 3 is 2.95 bits per heavy atom. The number of carbonyl (C=O) groups is 1. The molecule has 1 atom stereocenters. The highest BCUT2D eigenvalue weighted by Crippen LogP contribution is 2.21. The molecule has 3 rings (SSSR count). The molecule has 0 spiro atoms. The molecule has 0 radical (unpaired) electrons. The van der Waals surface area contributed by atoms with Crippen LogP contribution in [0, 0.1) is 6.92 Å². The van der Waals surface area contributed by atoms with Crippen molar-refractivity contribution < 1.29 is 9.21 Å². The van der Waals surface area contributed by atoms with Gasteiger partial charge in [0.15, 0.2) is 0 Å². The molecule has 5 nitrogen and oxygen atoms in total. The van der Waals surface area contributed by atoms with Crippen LogP contribution in [0.5, 0.6) is 0 Å². The van der Waals surface area contributed by atoms with Crippen molar-refractivity contribution >= 4 is 5.91 Å². The fourth-order valence-corrected chi connectivity index (χ4v) is 2.68. The first-order chi connectivity index (χ1) is 10.7. The largest absolute Gasteiger partial charge is 0.441 e. The number of nitrogens with one attached hydrogen (secondary N) is 2. The highest BCUT2D eigenvalue weighted by molar-refractivity contribution is 5.78. The number of nitrogens with zero attached hydrogens (tertiary/aromatic N) is 1. The predicted molar refractivity (Wildman–Crippen MR) is 84.4 cm³/mol. The Labute approximate surface area is 130 Å². The van der Waals surface area contributed by atoms with Gasteiger partial charge in [-0.1, -0.05) is 18.2 Å². The van der Waals surface area contributed by atoms with Gasteiger partial charge in [0, 0.05) is 18.2 Å². The molecule has 2 N–H and O–H groups in total. The van der Waals surface area contributed by atoms with Gasteiger partial charge in [0.2, 0.25) is 11.8 Å². The van der Waals surface area contributed by atoms with E-state index in [1.165, 1.54) is 6.42 Å². The molecule has 1 saturated heterocycles. The molecule has 0 saturated carbocycles. The minimum atomic E-state index is -0.00953. The number of carbonyl (C=O) groups excluding carboxylic acids is 1. The predicted octanol–water partition coefficient (Wildman–Crippen LogP) is 2.06. The fourth-order valence-electron chi connectivity index (χ4n) is 2.68. The van der Waals surface area contributed by atoms with Gasteiger partial charge in [-0.2, -0.15) is 0 Å². The summed E-state index contributed by atoms with van der Waals surface area (Å²) >= 11 is 0. The molecule has 1 fully saturated rings. The van der Waals surface area contributed by atoms with E-state index in [0.29, 0.717) is 29.9 Å². The van der Waals surface area contributed by atoms with Crippen LogP contribution < -0.4 is 10.6 Å². The lowest BCUT2D eigenvalue weighted by Gasteiger charge is -2.10. The summed E-state index contributed by atoms with van der Waals surface area (Å²) in [6, 6.07) is 10.1. The van der Waals surface area contributed by atoms with Crippen LogP contribution in [0.1, 0.15) is 24.3 Å². The number of hydrogen-bond donors (Lipinski definition) is 2. The third kappa shape index (κ3) is 3.54. The Kier molecular flexibility index (Phi) is 4.53. The van der Waals surface area contributed by atoms with Gasteiger partial charge in [-0.25, -0.2) is 4.98 Å². The van der Waals surface area contributed by atoms with Gasteiger partial charge in [-0.05, 0) is 38.4 Å². The molecular formula is C17H21N3O2. The Balaban J connectivity index is 1.60. The molecule has 1 aromatic heterocycles. The van der Waals surface area contributed by atoms with E-state index in [9.17, 15) is 4.79 Å². The topological polar surface area (TPSA) is 67.2 Å². The highest BCUT2D eigenvalue weighted by Gasteiger charge is 2.17. The standard InChI is InChI=1S/C17H21N3O2/c1-12-15(10-16(21)19-11-14-8-5-9-18-14)20-17(22-12)13-6-3-2-4-7-13/h2-4,6-7,14,18H,5,8-11H2,1H3,(H,19,21). The number of benzene rings is 1. The monoisotopic (exact) mass is 299 g/mol. The molecule has 5 heteroatoms. The first kappa shape index (κ1) is 14.8. The minimum absolute atomic E-state index is 0.00953. The molecule has 1 aliphatic heterocycles. The van der Waals surface area contributed by atoms with E-state index in [2.05, 4.69) is 15.6 Å². The zero-order valence-electron chi connectivity index (χ0n) is 12.8. The molecule has 22 heavy (non-hydrogen) atoms. The van der Waals surface area contributed by atoms with Gasteiger partial charge in [0.05, 0.1) is 12.1 Å². The SMILES string of the molecule is Cc1oc(-c2ccccc2)nc1CC(=O)NCC1CCCN1. The number of oxazole rings is 1. The van der Waals surface area contributed by atoms with Crippen LogP contribution in [0.3, 0.4) is 0 Å². The second-order valence-electron chi connectivity index (χ2n) is 5.66. The van der Waals surface area contributed by atoms with E-state index in [1.54, 1.807) is 0 Å². The van der Waals surface area contributed by atoms with Gasteiger partial charge in [-0.3, -0.25) is 4.79 Å². The maximum atomic E-state index is 12.0. The lowest BCUT2D eigenvalue weighted by Crippen LogP contribution is -2.37. The van der Waals surface area contributed by atoms with E-state index in [-0.39, 0.29) is 12.3 Å². The molecular weight excluding hydrogens is 278 g/mol. The summed E-state index contributed by atoms with van der Waals surface area (Å²) in [5, 5.41) is 6.33. The molecule has 1 unspecified atom stereocenters. The summed E-state index contributed by atoms with van der Waals surface area (Å²) in [5.74, 6) is 1.26. The fraction of sp³-hybridized carbons (Fsp3) is 0.412. The van der Waals surface area contributed by atoms with Crippen LogP contribution in [0.15, 0.2) is 34.7 Å². The maximum Gasteiger partial charge on any atom is 0.226 e. The summed E-state index contributed by atoms with van der Waals surface area (Å²) in [5.41, 5.74) is 1.63. The van der Waals surface area contributed by atoms with Crippen LogP contribution in [-0.4, -0.2) is 30.0 Å². The van der Waals surface area contributed by atoms with E-state index in [4.69, 9.17) is 4.42 Å². The zero-order chi connectivity index (χ0) is 15.4. The average molecular weight is 299 g/mol. The van der Waals surface area contributed by atoms with Crippen molar-refractivity contribution in [3.63, 3.8) is 0 Å². The lowest BCUT2D eigenvalue weighted by molar-refractivity contribution is -0.120. The van der Waals surface area contributed by atoms with Crippen LogP contribution in [0.4, 0.5) is 0 Å². The summed E-state index contributed by atoms with van der Waals surface area (Å²) < 4.78 is 5.68. The van der Waals surface area contributed by atoms with E-state index in [1.807, 2.05) is 37.3 Å². The van der Waals surface area contributed by atoms with Crippen molar-refractivity contribution in [2.24, 2.45) is 0 Å². The quantitative estimate of drug-likeness (QED) is 0.887. The highest BCUT2D eigenvalue weighted by atomic mass is 16.4. The van der Waals surface area contributed by atoms with Crippen LogP contribution in [0.25, 0.3) is 11.5 Å². The van der Waals surface area contributed by atoms with Crippen LogP contribution >= 0.6 is 0 Å². The Bertz CT molecular complexity index is 631.